The molecule has 0 aliphatic heterocycles. The smallest absolute Gasteiger partial charge is 0.275 e. The van der Waals surface area contributed by atoms with Gasteiger partial charge in [-0.2, -0.15) is 5.10 Å². The van der Waals surface area contributed by atoms with Crippen molar-refractivity contribution in [2.45, 2.75) is 0 Å². The Bertz CT molecular complexity index is 731. The van der Waals surface area contributed by atoms with Crippen molar-refractivity contribution < 1.29 is 19.7 Å². The summed E-state index contributed by atoms with van der Waals surface area (Å²) in [6.07, 6.45) is 1.39. The van der Waals surface area contributed by atoms with Crippen molar-refractivity contribution in [3.05, 3.63) is 52.0 Å². The molecule has 0 bridgehead atoms. The minimum absolute atomic E-state index is 0.0158. The van der Waals surface area contributed by atoms with Crippen LogP contribution in [0.2, 0.25) is 0 Å². The number of ether oxygens (including phenoxy) is 1. The monoisotopic (exact) mass is 364 g/mol. The molecule has 6 nitrogen and oxygen atoms in total. The Labute approximate surface area is 135 Å². The standard InChI is InChI=1S/C15H13BrN2O4/c1-22-13-7-9(6-11(16)14(13)20)8-17-18-15(21)10-4-2-3-5-12(10)19/h2-8,19-20H,1H3,(H,18,21)/b17-8-. The number of para-hydroxylation sites is 1. The quantitative estimate of drug-likeness (QED) is 0.574. The predicted octanol–water partition coefficient (Wildman–Crippen LogP) is 2.63. The third-order valence-corrected chi connectivity index (χ3v) is 3.40. The van der Waals surface area contributed by atoms with Crippen molar-refractivity contribution in [1.29, 1.82) is 0 Å². The first-order valence-corrected chi connectivity index (χ1v) is 7.00. The molecule has 2 aromatic carbocycles. The van der Waals surface area contributed by atoms with Crippen molar-refractivity contribution in [1.82, 2.24) is 5.43 Å². The number of amides is 1. The number of halogens is 1. The molecule has 2 rings (SSSR count). The van der Waals surface area contributed by atoms with Crippen LogP contribution in [-0.4, -0.2) is 29.4 Å². The molecule has 1 amide bonds. The summed E-state index contributed by atoms with van der Waals surface area (Å²) < 4.78 is 5.46. The Hall–Kier alpha value is -2.54. The predicted molar refractivity (Wildman–Crippen MR) is 85.5 cm³/mol. The number of nitrogens with one attached hydrogen (secondary N) is 1. The summed E-state index contributed by atoms with van der Waals surface area (Å²) in [5, 5.41) is 23.1. The van der Waals surface area contributed by atoms with Crippen LogP contribution in [0.3, 0.4) is 0 Å². The van der Waals surface area contributed by atoms with Gasteiger partial charge in [0, 0.05) is 0 Å². The molecule has 114 valence electrons. The average molecular weight is 365 g/mol. The van der Waals surface area contributed by atoms with Gasteiger partial charge in [0.05, 0.1) is 23.4 Å². The molecule has 0 aromatic heterocycles. The van der Waals surface area contributed by atoms with Crippen LogP contribution in [0.25, 0.3) is 0 Å². The molecule has 0 unspecified atom stereocenters. The molecule has 0 fully saturated rings. The molecule has 0 spiro atoms. The van der Waals surface area contributed by atoms with E-state index in [9.17, 15) is 15.0 Å². The number of phenolic OH excluding ortho intramolecular Hbond substituents is 2. The van der Waals surface area contributed by atoms with E-state index in [0.717, 1.165) is 0 Å². The topological polar surface area (TPSA) is 91.2 Å². The zero-order valence-corrected chi connectivity index (χ0v) is 13.2. The molecule has 0 aliphatic carbocycles. The van der Waals surface area contributed by atoms with Gasteiger partial charge in [-0.3, -0.25) is 4.79 Å². The zero-order valence-electron chi connectivity index (χ0n) is 11.6. The number of carbonyl (C=O) groups is 1. The lowest BCUT2D eigenvalue weighted by atomic mass is 10.2. The Morgan fingerprint density at radius 2 is 2.05 bits per heavy atom. The van der Waals surface area contributed by atoms with Crippen LogP contribution in [-0.2, 0) is 0 Å². The second kappa shape index (κ2) is 6.95. The van der Waals surface area contributed by atoms with Gasteiger partial charge in [-0.25, -0.2) is 5.43 Å². The fraction of sp³-hybridized carbons (Fsp3) is 0.0667. The third-order valence-electron chi connectivity index (χ3n) is 2.80. The number of rotatable bonds is 4. The number of hydrogen-bond donors (Lipinski definition) is 3. The van der Waals surface area contributed by atoms with Crippen LogP contribution < -0.4 is 10.2 Å². The number of methoxy groups -OCH3 is 1. The van der Waals surface area contributed by atoms with Crippen LogP contribution >= 0.6 is 15.9 Å². The highest BCUT2D eigenvalue weighted by Gasteiger charge is 2.09. The van der Waals surface area contributed by atoms with Gasteiger partial charge in [-0.1, -0.05) is 12.1 Å². The first-order valence-electron chi connectivity index (χ1n) is 6.21. The first kappa shape index (κ1) is 15.8. The zero-order chi connectivity index (χ0) is 16.1. The molecule has 0 saturated carbocycles. The average Bonchev–Trinajstić information content (AvgIpc) is 2.50. The fourth-order valence-electron chi connectivity index (χ4n) is 1.72. The summed E-state index contributed by atoms with van der Waals surface area (Å²) in [7, 11) is 1.43. The number of nitrogens with zero attached hydrogens (tertiary/aromatic N) is 1. The second-order valence-electron chi connectivity index (χ2n) is 4.27. The minimum atomic E-state index is -0.529. The molecule has 0 saturated heterocycles. The SMILES string of the molecule is COc1cc(/C=N\NC(=O)c2ccccc2O)cc(Br)c1O. The molecular weight excluding hydrogens is 352 g/mol. The van der Waals surface area contributed by atoms with E-state index in [-0.39, 0.29) is 22.8 Å². The highest BCUT2D eigenvalue weighted by molar-refractivity contribution is 9.10. The summed E-state index contributed by atoms with van der Waals surface area (Å²) in [5.74, 6) is -0.385. The summed E-state index contributed by atoms with van der Waals surface area (Å²) in [6, 6.07) is 9.35. The number of aromatic hydroxyl groups is 2. The van der Waals surface area contributed by atoms with Crippen molar-refractivity contribution >= 4 is 28.1 Å². The molecular formula is C15H13BrN2O4. The number of benzene rings is 2. The van der Waals surface area contributed by atoms with Crippen molar-refractivity contribution in [3.8, 4) is 17.2 Å². The maximum absolute atomic E-state index is 11.8. The van der Waals surface area contributed by atoms with Gasteiger partial charge >= 0.3 is 0 Å². The Morgan fingerprint density at radius 3 is 2.73 bits per heavy atom. The highest BCUT2D eigenvalue weighted by Crippen LogP contribution is 2.34. The van der Waals surface area contributed by atoms with E-state index in [4.69, 9.17) is 4.74 Å². The largest absolute Gasteiger partial charge is 0.507 e. The number of hydrazone groups is 1. The van der Waals surface area contributed by atoms with E-state index in [2.05, 4.69) is 26.5 Å². The number of carbonyl (C=O) groups excluding carboxylic acids is 1. The number of phenols is 2. The van der Waals surface area contributed by atoms with Crippen LogP contribution in [0.5, 0.6) is 17.2 Å². The molecule has 0 heterocycles. The molecule has 0 atom stereocenters. The molecule has 22 heavy (non-hydrogen) atoms. The molecule has 3 N–H and O–H groups in total. The van der Waals surface area contributed by atoms with Gasteiger partial charge in [0.1, 0.15) is 5.75 Å². The minimum Gasteiger partial charge on any atom is -0.507 e. The maximum atomic E-state index is 11.8. The van der Waals surface area contributed by atoms with Gasteiger partial charge in [0.2, 0.25) is 0 Å². The molecule has 0 radical (unpaired) electrons. The molecule has 2 aromatic rings. The Balaban J connectivity index is 2.12. The summed E-state index contributed by atoms with van der Waals surface area (Å²) in [5.41, 5.74) is 3.05. The first-order chi connectivity index (χ1) is 10.5. The van der Waals surface area contributed by atoms with Crippen molar-refractivity contribution in [3.63, 3.8) is 0 Å². The van der Waals surface area contributed by atoms with E-state index in [1.54, 1.807) is 24.3 Å². The Morgan fingerprint density at radius 1 is 1.32 bits per heavy atom. The lowest BCUT2D eigenvalue weighted by molar-refractivity contribution is 0.0952. The summed E-state index contributed by atoms with van der Waals surface area (Å²) >= 11 is 3.19. The van der Waals surface area contributed by atoms with Gasteiger partial charge in [-0.15, -0.1) is 0 Å². The Kier molecular flexibility index (Phi) is 5.00. The highest BCUT2D eigenvalue weighted by atomic mass is 79.9. The van der Waals surface area contributed by atoms with E-state index in [1.165, 1.54) is 25.5 Å². The lowest BCUT2D eigenvalue weighted by Crippen LogP contribution is -2.17. The lowest BCUT2D eigenvalue weighted by Gasteiger charge is -2.06. The van der Waals surface area contributed by atoms with E-state index < -0.39 is 5.91 Å². The summed E-state index contributed by atoms with van der Waals surface area (Å²) in [6.45, 7) is 0. The van der Waals surface area contributed by atoms with Gasteiger partial charge in [0.25, 0.3) is 5.91 Å². The number of hydrogen-bond acceptors (Lipinski definition) is 5. The van der Waals surface area contributed by atoms with Gasteiger partial charge in [0.15, 0.2) is 11.5 Å². The summed E-state index contributed by atoms with van der Waals surface area (Å²) in [4.78, 5) is 11.8. The van der Waals surface area contributed by atoms with E-state index >= 15 is 0 Å². The van der Waals surface area contributed by atoms with Crippen molar-refractivity contribution in [2.75, 3.05) is 7.11 Å². The van der Waals surface area contributed by atoms with E-state index in [0.29, 0.717) is 10.0 Å². The fourth-order valence-corrected chi connectivity index (χ4v) is 2.17. The van der Waals surface area contributed by atoms with E-state index in [1.807, 2.05) is 0 Å². The van der Waals surface area contributed by atoms with Crippen LogP contribution in [0.4, 0.5) is 0 Å². The maximum Gasteiger partial charge on any atom is 0.275 e. The normalized spacial score (nSPS) is 10.6. The molecule has 7 heteroatoms. The molecule has 0 aliphatic rings. The van der Waals surface area contributed by atoms with Gasteiger partial charge in [-0.05, 0) is 45.8 Å². The third kappa shape index (κ3) is 3.56. The van der Waals surface area contributed by atoms with Crippen LogP contribution in [0.1, 0.15) is 15.9 Å². The van der Waals surface area contributed by atoms with Crippen LogP contribution in [0.15, 0.2) is 46.0 Å². The van der Waals surface area contributed by atoms with Crippen molar-refractivity contribution in [2.24, 2.45) is 5.10 Å². The van der Waals surface area contributed by atoms with Crippen LogP contribution in [0, 0.1) is 0 Å². The second-order valence-corrected chi connectivity index (χ2v) is 5.12. The van der Waals surface area contributed by atoms with Gasteiger partial charge < -0.3 is 14.9 Å².